The van der Waals surface area contributed by atoms with Crippen molar-refractivity contribution in [3.63, 3.8) is 0 Å². The van der Waals surface area contributed by atoms with Crippen LogP contribution in [0.5, 0.6) is 5.75 Å². The minimum atomic E-state index is -4.46. The molecule has 0 saturated carbocycles. The number of fused-ring (bicyclic) bond motifs is 1. The molecule has 1 aliphatic carbocycles. The van der Waals surface area contributed by atoms with Gasteiger partial charge in [0.2, 0.25) is 0 Å². The van der Waals surface area contributed by atoms with Gasteiger partial charge in [-0.1, -0.05) is 12.1 Å². The van der Waals surface area contributed by atoms with Crippen molar-refractivity contribution in [3.8, 4) is 5.75 Å². The zero-order valence-corrected chi connectivity index (χ0v) is 14.5. The van der Waals surface area contributed by atoms with E-state index in [1.807, 2.05) is 4.98 Å². The Labute approximate surface area is 155 Å². The number of H-pyrrole nitrogens is 2. The van der Waals surface area contributed by atoms with E-state index in [1.165, 1.54) is 6.07 Å². The Hall–Kier alpha value is -3.24. The molecule has 0 radical (unpaired) electrons. The Balaban J connectivity index is 1.86. The van der Waals surface area contributed by atoms with Crippen molar-refractivity contribution in [2.24, 2.45) is 0 Å². The van der Waals surface area contributed by atoms with Crippen LogP contribution in [0.3, 0.4) is 0 Å². The first-order valence-electron chi connectivity index (χ1n) is 8.40. The number of hydrogen-bond donors (Lipinski definition) is 4. The summed E-state index contributed by atoms with van der Waals surface area (Å²) in [5.74, 6) is -0.655. The molecule has 8 nitrogen and oxygen atoms in total. The number of carbonyl (C=O) groups excluding carboxylic acids is 1. The second-order valence-electron chi connectivity index (χ2n) is 6.34. The van der Waals surface area contributed by atoms with Gasteiger partial charge in [-0.3, -0.25) is 14.6 Å². The van der Waals surface area contributed by atoms with E-state index in [0.29, 0.717) is 30.4 Å². The molecule has 1 amide bonds. The van der Waals surface area contributed by atoms with Crippen LogP contribution in [-0.2, 0) is 6.42 Å². The zero-order valence-electron chi connectivity index (χ0n) is 14.5. The SMILES string of the molecule is Nc1c(C(=O)NC2CCCc3c(OCC(F)(F)F)cccc32)[nH]c(=O)[nH]c1=O. The number of amides is 1. The molecule has 1 aliphatic rings. The quantitative estimate of drug-likeness (QED) is 0.618. The van der Waals surface area contributed by atoms with Crippen molar-refractivity contribution >= 4 is 11.6 Å². The maximum atomic E-state index is 12.5. The Morgan fingerprint density at radius 1 is 1.29 bits per heavy atom. The molecule has 0 fully saturated rings. The lowest BCUT2D eigenvalue weighted by Crippen LogP contribution is -2.36. The van der Waals surface area contributed by atoms with Crippen LogP contribution >= 0.6 is 0 Å². The number of aromatic nitrogens is 2. The summed E-state index contributed by atoms with van der Waals surface area (Å²) < 4.78 is 42.3. The van der Waals surface area contributed by atoms with Crippen LogP contribution in [0.4, 0.5) is 18.9 Å². The van der Waals surface area contributed by atoms with E-state index < -0.39 is 41.7 Å². The van der Waals surface area contributed by atoms with Crippen molar-refractivity contribution in [1.29, 1.82) is 0 Å². The lowest BCUT2D eigenvalue weighted by atomic mass is 9.87. The predicted octanol–water partition coefficient (Wildman–Crippen LogP) is 1.39. The number of rotatable bonds is 4. The molecule has 0 bridgehead atoms. The molecule has 0 aliphatic heterocycles. The lowest BCUT2D eigenvalue weighted by molar-refractivity contribution is -0.153. The first kappa shape index (κ1) is 19.5. The monoisotopic (exact) mass is 398 g/mol. The molecule has 1 aromatic heterocycles. The number of alkyl halides is 3. The van der Waals surface area contributed by atoms with Crippen molar-refractivity contribution in [3.05, 3.63) is 55.9 Å². The number of nitrogens with two attached hydrogens (primary N) is 1. The highest BCUT2D eigenvalue weighted by Gasteiger charge is 2.30. The molecule has 1 aromatic carbocycles. The van der Waals surface area contributed by atoms with Gasteiger partial charge in [0.1, 0.15) is 17.1 Å². The van der Waals surface area contributed by atoms with E-state index in [4.69, 9.17) is 10.5 Å². The molecule has 2 aromatic rings. The predicted molar refractivity (Wildman–Crippen MR) is 93.2 cm³/mol. The largest absolute Gasteiger partial charge is 0.484 e. The van der Waals surface area contributed by atoms with E-state index in [0.717, 1.165) is 0 Å². The number of halogens is 3. The van der Waals surface area contributed by atoms with Crippen LogP contribution in [0.15, 0.2) is 27.8 Å². The highest BCUT2D eigenvalue weighted by Crippen LogP contribution is 2.36. The molecule has 150 valence electrons. The fourth-order valence-corrected chi connectivity index (χ4v) is 3.17. The minimum Gasteiger partial charge on any atom is -0.484 e. The molecule has 28 heavy (non-hydrogen) atoms. The third-order valence-corrected chi connectivity index (χ3v) is 4.37. The van der Waals surface area contributed by atoms with Crippen molar-refractivity contribution in [2.75, 3.05) is 12.3 Å². The Morgan fingerprint density at radius 3 is 2.75 bits per heavy atom. The first-order chi connectivity index (χ1) is 13.2. The second kappa shape index (κ2) is 7.41. The maximum absolute atomic E-state index is 12.5. The van der Waals surface area contributed by atoms with Crippen molar-refractivity contribution in [1.82, 2.24) is 15.3 Å². The third kappa shape index (κ3) is 4.18. The Morgan fingerprint density at radius 2 is 2.04 bits per heavy atom. The third-order valence-electron chi connectivity index (χ3n) is 4.37. The Kier molecular flexibility index (Phi) is 5.16. The van der Waals surface area contributed by atoms with Crippen LogP contribution in [0.25, 0.3) is 0 Å². The topological polar surface area (TPSA) is 130 Å². The summed E-state index contributed by atoms with van der Waals surface area (Å²) in [5.41, 5.74) is 4.18. The van der Waals surface area contributed by atoms with Gasteiger partial charge in [-0.25, -0.2) is 4.79 Å². The van der Waals surface area contributed by atoms with Gasteiger partial charge in [0.15, 0.2) is 6.61 Å². The smallest absolute Gasteiger partial charge is 0.422 e. The van der Waals surface area contributed by atoms with E-state index in [2.05, 4.69) is 10.3 Å². The summed E-state index contributed by atoms with van der Waals surface area (Å²) in [6.45, 7) is -1.41. The highest BCUT2D eigenvalue weighted by atomic mass is 19.4. The highest BCUT2D eigenvalue weighted by molar-refractivity contribution is 5.97. The molecule has 1 heterocycles. The first-order valence-corrected chi connectivity index (χ1v) is 8.40. The molecular weight excluding hydrogens is 381 g/mol. The van der Waals surface area contributed by atoms with Gasteiger partial charge in [-0.05, 0) is 36.5 Å². The van der Waals surface area contributed by atoms with Gasteiger partial charge >= 0.3 is 11.9 Å². The molecule has 0 spiro atoms. The molecule has 11 heteroatoms. The summed E-state index contributed by atoms with van der Waals surface area (Å²) in [6.07, 6.45) is -2.84. The molecule has 5 N–H and O–H groups in total. The second-order valence-corrected chi connectivity index (χ2v) is 6.34. The number of hydrogen-bond acceptors (Lipinski definition) is 5. The number of aromatic amines is 2. The maximum Gasteiger partial charge on any atom is 0.422 e. The van der Waals surface area contributed by atoms with E-state index in [1.54, 1.807) is 12.1 Å². The van der Waals surface area contributed by atoms with Crippen LogP contribution in [0, 0.1) is 0 Å². The van der Waals surface area contributed by atoms with Gasteiger partial charge in [-0.2, -0.15) is 13.2 Å². The lowest BCUT2D eigenvalue weighted by Gasteiger charge is -2.28. The molecule has 1 atom stereocenters. The molecule has 1 unspecified atom stereocenters. The molecule has 3 rings (SSSR count). The summed E-state index contributed by atoms with van der Waals surface area (Å²) in [7, 11) is 0. The molecular formula is C17H17F3N4O4. The van der Waals surface area contributed by atoms with Gasteiger partial charge in [0.25, 0.3) is 11.5 Å². The van der Waals surface area contributed by atoms with Crippen molar-refractivity contribution < 1.29 is 22.7 Å². The van der Waals surface area contributed by atoms with Gasteiger partial charge < -0.3 is 20.8 Å². The minimum absolute atomic E-state index is 0.109. The van der Waals surface area contributed by atoms with Crippen LogP contribution < -0.4 is 27.0 Å². The van der Waals surface area contributed by atoms with Crippen molar-refractivity contribution in [2.45, 2.75) is 31.5 Å². The number of ether oxygens (including phenoxy) is 1. The standard InChI is InChI=1S/C17H17F3N4O4/c18-17(19,20)7-28-11-6-2-3-8-9(11)4-1-5-10(8)22-15(26)13-12(21)14(25)24-16(27)23-13/h2-3,6,10H,1,4-5,7,21H2,(H,22,26)(H2,23,24,25,27). The van der Waals surface area contributed by atoms with Crippen LogP contribution in [-0.4, -0.2) is 28.7 Å². The van der Waals surface area contributed by atoms with Gasteiger partial charge in [0.05, 0.1) is 6.04 Å². The van der Waals surface area contributed by atoms with Crippen LogP contribution in [0.2, 0.25) is 0 Å². The summed E-state index contributed by atoms with van der Waals surface area (Å²) >= 11 is 0. The van der Waals surface area contributed by atoms with E-state index >= 15 is 0 Å². The van der Waals surface area contributed by atoms with Gasteiger partial charge in [0, 0.05) is 0 Å². The average Bonchev–Trinajstić information content (AvgIpc) is 2.62. The van der Waals surface area contributed by atoms with E-state index in [-0.39, 0.29) is 11.4 Å². The summed E-state index contributed by atoms with van der Waals surface area (Å²) in [4.78, 5) is 39.5. The number of anilines is 1. The number of nitrogens with one attached hydrogen (secondary N) is 3. The Bertz CT molecular complexity index is 1010. The summed E-state index contributed by atoms with van der Waals surface area (Å²) in [6, 6.07) is 4.14. The number of carbonyl (C=O) groups is 1. The number of nitrogen functional groups attached to an aromatic ring is 1. The molecule has 0 saturated heterocycles. The average molecular weight is 398 g/mol. The number of benzene rings is 1. The zero-order chi connectivity index (χ0) is 20.5. The normalized spacial score (nSPS) is 16.3. The van der Waals surface area contributed by atoms with E-state index in [9.17, 15) is 27.6 Å². The van der Waals surface area contributed by atoms with Gasteiger partial charge in [-0.15, -0.1) is 0 Å². The fourth-order valence-electron chi connectivity index (χ4n) is 3.17. The van der Waals surface area contributed by atoms with Crippen LogP contribution in [0.1, 0.15) is 40.5 Å². The summed E-state index contributed by atoms with van der Waals surface area (Å²) in [5, 5.41) is 2.67. The fraction of sp³-hybridized carbons (Fsp3) is 0.353.